The molecule has 0 atom stereocenters. The third kappa shape index (κ3) is 1.49. The van der Waals surface area contributed by atoms with Crippen LogP contribution in [-0.2, 0) is 4.79 Å². The highest BCUT2D eigenvalue weighted by molar-refractivity contribution is 6.25. The standard InChI is InChI=1S/C15H12O2/c16-8-7-10-5-6-13-12-4-2-1-3-11(12)9-14(13)15(10)17/h1-6,9,16H,7-8H2. The Labute approximate surface area is 99.6 Å². The first-order chi connectivity index (χ1) is 8.31. The first-order valence-electron chi connectivity index (χ1n) is 5.69. The maximum atomic E-state index is 12.2. The van der Waals surface area contributed by atoms with Crippen LogP contribution >= 0.6 is 0 Å². The molecule has 1 N–H and O–H groups in total. The van der Waals surface area contributed by atoms with Crippen LogP contribution in [0.4, 0.5) is 0 Å². The predicted molar refractivity (Wildman–Crippen MR) is 67.2 cm³/mol. The highest BCUT2D eigenvalue weighted by Gasteiger charge is 2.27. The number of allylic oxidation sites excluding steroid dienone is 4. The first-order valence-corrected chi connectivity index (χ1v) is 5.69. The fraction of sp³-hybridized carbons (Fsp3) is 0.133. The number of aliphatic hydroxyl groups excluding tert-OH is 1. The summed E-state index contributed by atoms with van der Waals surface area (Å²) in [6.07, 6.45) is 6.17. The van der Waals surface area contributed by atoms with E-state index in [2.05, 4.69) is 0 Å². The van der Waals surface area contributed by atoms with Gasteiger partial charge >= 0.3 is 0 Å². The lowest BCUT2D eigenvalue weighted by atomic mass is 9.90. The minimum absolute atomic E-state index is 0.0149. The number of aliphatic hydroxyl groups is 1. The fourth-order valence-electron chi connectivity index (χ4n) is 2.36. The Kier molecular flexibility index (Phi) is 2.30. The van der Waals surface area contributed by atoms with E-state index in [0.717, 1.165) is 22.3 Å². The second-order valence-electron chi connectivity index (χ2n) is 4.22. The van der Waals surface area contributed by atoms with Gasteiger partial charge < -0.3 is 5.11 Å². The van der Waals surface area contributed by atoms with Crippen LogP contribution in [0, 0.1) is 0 Å². The summed E-state index contributed by atoms with van der Waals surface area (Å²) < 4.78 is 0. The van der Waals surface area contributed by atoms with E-state index in [1.54, 1.807) is 0 Å². The van der Waals surface area contributed by atoms with E-state index in [1.165, 1.54) is 0 Å². The molecule has 2 aliphatic rings. The molecule has 0 heterocycles. The molecule has 2 heteroatoms. The molecule has 2 nitrogen and oxygen atoms in total. The summed E-state index contributed by atoms with van der Waals surface area (Å²) in [5.74, 6) is 0.0488. The van der Waals surface area contributed by atoms with Gasteiger partial charge in [-0.25, -0.2) is 0 Å². The molecule has 84 valence electrons. The molecule has 0 aromatic heterocycles. The van der Waals surface area contributed by atoms with Gasteiger partial charge in [0.1, 0.15) is 0 Å². The summed E-state index contributed by atoms with van der Waals surface area (Å²) >= 11 is 0. The average Bonchev–Trinajstić information content (AvgIpc) is 2.73. The molecule has 3 rings (SSSR count). The third-order valence-corrected chi connectivity index (χ3v) is 3.21. The van der Waals surface area contributed by atoms with Gasteiger partial charge in [-0.2, -0.15) is 0 Å². The van der Waals surface area contributed by atoms with Crippen LogP contribution in [0.2, 0.25) is 0 Å². The number of hydrogen-bond acceptors (Lipinski definition) is 2. The van der Waals surface area contributed by atoms with Crippen LogP contribution in [-0.4, -0.2) is 17.5 Å². The molecule has 0 spiro atoms. The van der Waals surface area contributed by atoms with Gasteiger partial charge in [-0.15, -0.1) is 0 Å². The lowest BCUT2D eigenvalue weighted by molar-refractivity contribution is -0.112. The molecule has 17 heavy (non-hydrogen) atoms. The number of carbonyl (C=O) groups excluding carboxylic acids is 1. The lowest BCUT2D eigenvalue weighted by Crippen LogP contribution is -2.10. The van der Waals surface area contributed by atoms with Crippen LogP contribution in [0.1, 0.15) is 17.5 Å². The number of Topliss-reactive ketones (excluding diaryl/α,β-unsaturated/α-hetero) is 1. The van der Waals surface area contributed by atoms with E-state index >= 15 is 0 Å². The summed E-state index contributed by atoms with van der Waals surface area (Å²) in [6, 6.07) is 8.00. The van der Waals surface area contributed by atoms with E-state index in [0.29, 0.717) is 12.0 Å². The lowest BCUT2D eigenvalue weighted by Gasteiger charge is -2.13. The molecule has 0 aliphatic heterocycles. The van der Waals surface area contributed by atoms with Gasteiger partial charge in [0, 0.05) is 17.8 Å². The quantitative estimate of drug-likeness (QED) is 0.837. The number of rotatable bonds is 2. The van der Waals surface area contributed by atoms with E-state index in [9.17, 15) is 4.79 Å². The zero-order valence-corrected chi connectivity index (χ0v) is 9.31. The highest BCUT2D eigenvalue weighted by atomic mass is 16.3. The van der Waals surface area contributed by atoms with Gasteiger partial charge in [-0.05, 0) is 29.2 Å². The van der Waals surface area contributed by atoms with Gasteiger partial charge in [0.2, 0.25) is 0 Å². The summed E-state index contributed by atoms with van der Waals surface area (Å²) in [5.41, 5.74) is 4.68. The number of ketones is 1. The Balaban J connectivity index is 2.09. The van der Waals surface area contributed by atoms with Gasteiger partial charge in [0.25, 0.3) is 0 Å². The Morgan fingerprint density at radius 1 is 1.06 bits per heavy atom. The molecule has 0 saturated heterocycles. The Hall–Kier alpha value is -1.93. The van der Waals surface area contributed by atoms with Gasteiger partial charge in [0.15, 0.2) is 5.78 Å². The normalized spacial score (nSPS) is 17.0. The molecule has 2 aliphatic carbocycles. The minimum atomic E-state index is 0.0149. The zero-order chi connectivity index (χ0) is 11.8. The van der Waals surface area contributed by atoms with E-state index in [4.69, 9.17) is 5.11 Å². The molecule has 0 bridgehead atoms. The van der Waals surface area contributed by atoms with Crippen LogP contribution in [0.15, 0.2) is 47.6 Å². The maximum absolute atomic E-state index is 12.2. The van der Waals surface area contributed by atoms with Gasteiger partial charge in [0.05, 0.1) is 0 Å². The molecular weight excluding hydrogens is 212 g/mol. The highest BCUT2D eigenvalue weighted by Crippen LogP contribution is 2.39. The van der Waals surface area contributed by atoms with Crippen LogP contribution in [0.5, 0.6) is 0 Å². The average molecular weight is 224 g/mol. The molecule has 1 aromatic carbocycles. The summed E-state index contributed by atoms with van der Waals surface area (Å²) in [5, 5.41) is 8.92. The van der Waals surface area contributed by atoms with Crippen molar-refractivity contribution in [3.8, 4) is 0 Å². The molecule has 0 saturated carbocycles. The van der Waals surface area contributed by atoms with Gasteiger partial charge in [-0.3, -0.25) is 4.79 Å². The molecule has 0 fully saturated rings. The fourth-order valence-corrected chi connectivity index (χ4v) is 2.36. The second-order valence-corrected chi connectivity index (χ2v) is 4.22. The third-order valence-electron chi connectivity index (χ3n) is 3.21. The van der Waals surface area contributed by atoms with Crippen molar-refractivity contribution in [3.05, 3.63) is 58.7 Å². The first kappa shape index (κ1) is 10.2. The Bertz CT molecular complexity index is 589. The smallest absolute Gasteiger partial charge is 0.189 e. The number of fused-ring (bicyclic) bond motifs is 3. The van der Waals surface area contributed by atoms with Crippen molar-refractivity contribution in [1.29, 1.82) is 0 Å². The largest absolute Gasteiger partial charge is 0.396 e. The Morgan fingerprint density at radius 2 is 1.88 bits per heavy atom. The molecule has 0 unspecified atom stereocenters. The summed E-state index contributed by atoms with van der Waals surface area (Å²) in [6.45, 7) is 0.0149. The van der Waals surface area contributed by atoms with Crippen molar-refractivity contribution in [2.75, 3.05) is 6.61 Å². The van der Waals surface area contributed by atoms with Crippen molar-refractivity contribution in [2.24, 2.45) is 0 Å². The van der Waals surface area contributed by atoms with Crippen molar-refractivity contribution in [2.45, 2.75) is 6.42 Å². The van der Waals surface area contributed by atoms with Crippen LogP contribution < -0.4 is 0 Å². The van der Waals surface area contributed by atoms with E-state index < -0.39 is 0 Å². The predicted octanol–water partition coefficient (Wildman–Crippen LogP) is 2.36. The minimum Gasteiger partial charge on any atom is -0.396 e. The summed E-state index contributed by atoms with van der Waals surface area (Å²) in [4.78, 5) is 12.2. The zero-order valence-electron chi connectivity index (χ0n) is 9.31. The number of carbonyl (C=O) groups is 1. The van der Waals surface area contributed by atoms with Crippen molar-refractivity contribution in [1.82, 2.24) is 0 Å². The number of benzene rings is 1. The topological polar surface area (TPSA) is 37.3 Å². The van der Waals surface area contributed by atoms with E-state index in [1.807, 2.05) is 42.5 Å². The molecular formula is C15H12O2. The SMILES string of the molecule is O=C1C(CCO)=CC=C2C1=Cc1ccccc12. The maximum Gasteiger partial charge on any atom is 0.189 e. The van der Waals surface area contributed by atoms with Crippen LogP contribution in [0.3, 0.4) is 0 Å². The molecule has 1 aromatic rings. The van der Waals surface area contributed by atoms with Crippen molar-refractivity contribution >= 4 is 17.4 Å². The summed E-state index contributed by atoms with van der Waals surface area (Å²) in [7, 11) is 0. The molecule has 0 amide bonds. The molecule has 0 radical (unpaired) electrons. The van der Waals surface area contributed by atoms with Crippen LogP contribution in [0.25, 0.3) is 11.6 Å². The van der Waals surface area contributed by atoms with E-state index in [-0.39, 0.29) is 12.4 Å². The number of hydrogen-bond donors (Lipinski definition) is 1. The second kappa shape index (κ2) is 3.82. The van der Waals surface area contributed by atoms with Gasteiger partial charge in [-0.1, -0.05) is 36.4 Å². The Morgan fingerprint density at radius 3 is 2.71 bits per heavy atom. The van der Waals surface area contributed by atoms with Crippen molar-refractivity contribution < 1.29 is 9.90 Å². The monoisotopic (exact) mass is 224 g/mol. The van der Waals surface area contributed by atoms with Crippen molar-refractivity contribution in [3.63, 3.8) is 0 Å².